The Kier molecular flexibility index (Phi) is 6.81. The molecule has 1 aromatic heterocycles. The number of anilines is 2. The van der Waals surface area contributed by atoms with Gasteiger partial charge < -0.3 is 15.0 Å². The van der Waals surface area contributed by atoms with E-state index in [0.29, 0.717) is 0 Å². The Morgan fingerprint density at radius 3 is 2.65 bits per heavy atom. The molecule has 0 aliphatic rings. The minimum absolute atomic E-state index is 0.749. The summed E-state index contributed by atoms with van der Waals surface area (Å²) in [5, 5.41) is 3.35. The quantitative estimate of drug-likeness (QED) is 0.720. The van der Waals surface area contributed by atoms with Gasteiger partial charge in [-0.2, -0.15) is 0 Å². The summed E-state index contributed by atoms with van der Waals surface area (Å²) in [5.41, 5.74) is 1.28. The SMILES string of the molecule is CCN(Cc1ccccc1)c1cc(NCCCOC)nc(C)n1. The summed E-state index contributed by atoms with van der Waals surface area (Å²) in [6.07, 6.45) is 0.955. The normalized spacial score (nSPS) is 10.6. The molecule has 5 heteroatoms. The second kappa shape index (κ2) is 9.10. The monoisotopic (exact) mass is 314 g/mol. The van der Waals surface area contributed by atoms with Crippen molar-refractivity contribution < 1.29 is 4.74 Å². The first-order chi connectivity index (χ1) is 11.2. The van der Waals surface area contributed by atoms with Crippen LogP contribution >= 0.6 is 0 Å². The van der Waals surface area contributed by atoms with Crippen molar-refractivity contribution in [3.8, 4) is 0 Å². The second-order valence-electron chi connectivity index (χ2n) is 5.43. The van der Waals surface area contributed by atoms with Crippen LogP contribution in [0, 0.1) is 6.92 Å². The number of hydrogen-bond acceptors (Lipinski definition) is 5. The summed E-state index contributed by atoms with van der Waals surface area (Å²) in [6.45, 7) is 7.41. The highest BCUT2D eigenvalue weighted by atomic mass is 16.5. The number of aryl methyl sites for hydroxylation is 1. The van der Waals surface area contributed by atoms with Crippen LogP contribution in [0.15, 0.2) is 36.4 Å². The highest BCUT2D eigenvalue weighted by Crippen LogP contribution is 2.18. The van der Waals surface area contributed by atoms with E-state index in [1.807, 2.05) is 19.1 Å². The number of rotatable bonds is 9. The minimum Gasteiger partial charge on any atom is -0.385 e. The molecule has 124 valence electrons. The van der Waals surface area contributed by atoms with Crippen molar-refractivity contribution in [2.45, 2.75) is 26.8 Å². The summed E-state index contributed by atoms with van der Waals surface area (Å²) in [4.78, 5) is 11.3. The van der Waals surface area contributed by atoms with Crippen LogP contribution in [0.2, 0.25) is 0 Å². The van der Waals surface area contributed by atoms with Crippen molar-refractivity contribution in [1.82, 2.24) is 9.97 Å². The molecule has 2 aromatic rings. The van der Waals surface area contributed by atoms with Gasteiger partial charge in [0.2, 0.25) is 0 Å². The summed E-state index contributed by atoms with van der Waals surface area (Å²) in [5.74, 6) is 2.61. The van der Waals surface area contributed by atoms with E-state index in [0.717, 1.165) is 50.1 Å². The van der Waals surface area contributed by atoms with Gasteiger partial charge in [0.25, 0.3) is 0 Å². The van der Waals surface area contributed by atoms with Crippen molar-refractivity contribution in [1.29, 1.82) is 0 Å². The molecule has 0 unspecified atom stereocenters. The third kappa shape index (κ3) is 5.53. The molecule has 0 radical (unpaired) electrons. The Hall–Kier alpha value is -2.14. The zero-order valence-corrected chi connectivity index (χ0v) is 14.2. The van der Waals surface area contributed by atoms with Crippen LogP contribution in [0.1, 0.15) is 24.7 Å². The van der Waals surface area contributed by atoms with Gasteiger partial charge in [0.1, 0.15) is 17.5 Å². The number of ether oxygens (including phenoxy) is 1. The van der Waals surface area contributed by atoms with Gasteiger partial charge in [0.15, 0.2) is 0 Å². The molecule has 0 amide bonds. The summed E-state index contributed by atoms with van der Waals surface area (Å²) in [7, 11) is 1.72. The summed E-state index contributed by atoms with van der Waals surface area (Å²) < 4.78 is 5.07. The Morgan fingerprint density at radius 2 is 1.96 bits per heavy atom. The number of aromatic nitrogens is 2. The van der Waals surface area contributed by atoms with E-state index in [1.165, 1.54) is 5.56 Å². The van der Waals surface area contributed by atoms with Crippen molar-refractivity contribution >= 4 is 11.6 Å². The van der Waals surface area contributed by atoms with Crippen LogP contribution in [0.25, 0.3) is 0 Å². The van der Waals surface area contributed by atoms with Gasteiger partial charge in [0.05, 0.1) is 0 Å². The molecule has 1 aromatic carbocycles. The van der Waals surface area contributed by atoms with Gasteiger partial charge in [-0.25, -0.2) is 9.97 Å². The fourth-order valence-electron chi connectivity index (χ4n) is 2.40. The summed E-state index contributed by atoms with van der Waals surface area (Å²) >= 11 is 0. The van der Waals surface area contributed by atoms with Crippen molar-refractivity contribution in [3.63, 3.8) is 0 Å². The first-order valence-corrected chi connectivity index (χ1v) is 8.10. The lowest BCUT2D eigenvalue weighted by Gasteiger charge is -2.23. The zero-order valence-electron chi connectivity index (χ0n) is 14.2. The Balaban J connectivity index is 2.08. The first-order valence-electron chi connectivity index (χ1n) is 8.10. The molecule has 1 heterocycles. The van der Waals surface area contributed by atoms with E-state index < -0.39 is 0 Å². The van der Waals surface area contributed by atoms with Crippen molar-refractivity contribution in [2.75, 3.05) is 37.0 Å². The molecule has 5 nitrogen and oxygen atoms in total. The Bertz CT molecular complexity index is 589. The van der Waals surface area contributed by atoms with E-state index >= 15 is 0 Å². The van der Waals surface area contributed by atoms with Crippen LogP contribution in [0.4, 0.5) is 11.6 Å². The van der Waals surface area contributed by atoms with E-state index in [4.69, 9.17) is 4.74 Å². The predicted octanol–water partition coefficient (Wildman–Crippen LogP) is 3.26. The first kappa shape index (κ1) is 17.2. The molecule has 0 fully saturated rings. The number of hydrogen-bond donors (Lipinski definition) is 1. The lowest BCUT2D eigenvalue weighted by atomic mass is 10.2. The molecule has 0 atom stereocenters. The van der Waals surface area contributed by atoms with Crippen LogP contribution in [0.5, 0.6) is 0 Å². The average molecular weight is 314 g/mol. The molecule has 0 aliphatic carbocycles. The molecular weight excluding hydrogens is 288 g/mol. The van der Waals surface area contributed by atoms with Gasteiger partial charge >= 0.3 is 0 Å². The molecule has 2 rings (SSSR count). The minimum atomic E-state index is 0.749. The lowest BCUT2D eigenvalue weighted by Crippen LogP contribution is -2.24. The Morgan fingerprint density at radius 1 is 1.17 bits per heavy atom. The number of nitrogens with one attached hydrogen (secondary N) is 1. The number of nitrogens with zero attached hydrogens (tertiary/aromatic N) is 3. The maximum Gasteiger partial charge on any atom is 0.134 e. The molecule has 0 bridgehead atoms. The van der Waals surface area contributed by atoms with Crippen LogP contribution in [0.3, 0.4) is 0 Å². The fourth-order valence-corrected chi connectivity index (χ4v) is 2.40. The lowest BCUT2D eigenvalue weighted by molar-refractivity contribution is 0.198. The van der Waals surface area contributed by atoms with Crippen LogP contribution < -0.4 is 10.2 Å². The summed E-state index contributed by atoms with van der Waals surface area (Å²) in [6, 6.07) is 12.5. The molecule has 23 heavy (non-hydrogen) atoms. The number of methoxy groups -OCH3 is 1. The molecule has 0 spiro atoms. The van der Waals surface area contributed by atoms with Crippen LogP contribution in [-0.4, -0.2) is 36.8 Å². The zero-order chi connectivity index (χ0) is 16.5. The van der Waals surface area contributed by atoms with Gasteiger partial charge in [0, 0.05) is 39.4 Å². The van der Waals surface area contributed by atoms with Gasteiger partial charge in [-0.05, 0) is 25.8 Å². The largest absolute Gasteiger partial charge is 0.385 e. The highest BCUT2D eigenvalue weighted by Gasteiger charge is 2.09. The third-order valence-corrected chi connectivity index (χ3v) is 3.58. The van der Waals surface area contributed by atoms with E-state index in [2.05, 4.69) is 51.4 Å². The number of benzene rings is 1. The molecule has 1 N–H and O–H groups in total. The van der Waals surface area contributed by atoms with Crippen LogP contribution in [-0.2, 0) is 11.3 Å². The Labute approximate surface area is 138 Å². The fraction of sp³-hybridized carbons (Fsp3) is 0.444. The van der Waals surface area contributed by atoms with E-state index in [9.17, 15) is 0 Å². The van der Waals surface area contributed by atoms with E-state index in [-0.39, 0.29) is 0 Å². The standard InChI is InChI=1S/C18H26N4O/c1-4-22(14-16-9-6-5-7-10-16)18-13-17(20-15(2)21-18)19-11-8-12-23-3/h5-7,9-10,13H,4,8,11-12,14H2,1-3H3,(H,19,20,21). The van der Waals surface area contributed by atoms with Gasteiger partial charge in [-0.3, -0.25) is 0 Å². The maximum atomic E-state index is 5.07. The van der Waals surface area contributed by atoms with E-state index in [1.54, 1.807) is 7.11 Å². The van der Waals surface area contributed by atoms with Crippen molar-refractivity contribution in [2.24, 2.45) is 0 Å². The maximum absolute atomic E-state index is 5.07. The molecule has 0 saturated carbocycles. The second-order valence-corrected chi connectivity index (χ2v) is 5.43. The third-order valence-electron chi connectivity index (χ3n) is 3.58. The molecule has 0 aliphatic heterocycles. The molecular formula is C18H26N4O. The van der Waals surface area contributed by atoms with Crippen molar-refractivity contribution in [3.05, 3.63) is 47.8 Å². The average Bonchev–Trinajstić information content (AvgIpc) is 2.57. The highest BCUT2D eigenvalue weighted by molar-refractivity contribution is 5.49. The van der Waals surface area contributed by atoms with Gasteiger partial charge in [-0.1, -0.05) is 30.3 Å². The molecule has 0 saturated heterocycles. The topological polar surface area (TPSA) is 50.3 Å². The van der Waals surface area contributed by atoms with Gasteiger partial charge in [-0.15, -0.1) is 0 Å². The predicted molar refractivity (Wildman–Crippen MR) is 94.9 cm³/mol. The smallest absolute Gasteiger partial charge is 0.134 e.